The van der Waals surface area contributed by atoms with Crippen molar-refractivity contribution in [2.45, 2.75) is 69.4 Å². The van der Waals surface area contributed by atoms with Gasteiger partial charge in [-0.05, 0) is 50.7 Å². The van der Waals surface area contributed by atoms with Crippen LogP contribution in [0.5, 0.6) is 0 Å². The number of hydrogen-bond acceptors (Lipinski definition) is 3. The molecule has 5 nitrogen and oxygen atoms in total. The Kier molecular flexibility index (Phi) is 3.56. The molecule has 5 heteroatoms. The number of para-hydroxylation sites is 1. The first-order valence-electron chi connectivity index (χ1n) is 11.8. The molecule has 30 heavy (non-hydrogen) atoms. The third kappa shape index (κ3) is 1.71. The van der Waals surface area contributed by atoms with Crippen molar-refractivity contribution >= 4 is 17.6 Å². The average Bonchev–Trinajstić information content (AvgIpc) is 3.26. The number of esters is 1. The van der Waals surface area contributed by atoms with Gasteiger partial charge in [-0.25, -0.2) is 0 Å². The van der Waals surface area contributed by atoms with Gasteiger partial charge in [-0.3, -0.25) is 9.59 Å². The number of rotatable bonds is 2. The predicted octanol–water partition coefficient (Wildman–Crippen LogP) is 3.41. The van der Waals surface area contributed by atoms with Crippen LogP contribution in [-0.4, -0.2) is 54.7 Å². The van der Waals surface area contributed by atoms with Gasteiger partial charge in [0.05, 0.1) is 43.6 Å². The summed E-state index contributed by atoms with van der Waals surface area (Å²) < 4.78 is 6.60. The SMILES string of the molecule is CC[N@+]12CCC[C@@]34CC[C@@]5([C@H](C(=O)OC)C3)N(C(C)=O)c3ccccc3[C@@]5(CC1)[C@@H]42. The lowest BCUT2D eigenvalue weighted by Gasteiger charge is -2.70. The van der Waals surface area contributed by atoms with Crippen molar-refractivity contribution in [1.82, 2.24) is 0 Å². The molecule has 6 atom stereocenters. The molecule has 1 aromatic rings. The van der Waals surface area contributed by atoms with E-state index in [9.17, 15) is 9.59 Å². The Morgan fingerprint density at radius 2 is 1.97 bits per heavy atom. The largest absolute Gasteiger partial charge is 0.469 e. The van der Waals surface area contributed by atoms with Crippen LogP contribution >= 0.6 is 0 Å². The summed E-state index contributed by atoms with van der Waals surface area (Å²) in [6, 6.07) is 9.08. The van der Waals surface area contributed by atoms with Crippen molar-refractivity contribution < 1.29 is 18.8 Å². The number of likely N-dealkylation sites (N-methyl/N-ethyl adjacent to an activating group) is 1. The summed E-state index contributed by atoms with van der Waals surface area (Å²) in [5, 5.41) is 0. The lowest BCUT2D eigenvalue weighted by molar-refractivity contribution is -0.955. The van der Waals surface area contributed by atoms with Crippen molar-refractivity contribution in [2.75, 3.05) is 31.6 Å². The number of ether oxygens (including phenoxy) is 1. The van der Waals surface area contributed by atoms with Gasteiger partial charge in [0.2, 0.25) is 5.91 Å². The normalized spacial score (nSPS) is 45.0. The van der Waals surface area contributed by atoms with E-state index in [1.807, 2.05) is 6.07 Å². The number of hydrogen-bond donors (Lipinski definition) is 0. The number of anilines is 1. The summed E-state index contributed by atoms with van der Waals surface area (Å²) in [6.45, 7) is 7.60. The minimum Gasteiger partial charge on any atom is -0.469 e. The lowest BCUT2D eigenvalue weighted by Crippen LogP contribution is -2.82. The molecule has 1 amide bonds. The van der Waals surface area contributed by atoms with E-state index in [0.717, 1.165) is 37.9 Å². The Labute approximate surface area is 179 Å². The molecule has 3 aliphatic heterocycles. The predicted molar refractivity (Wildman–Crippen MR) is 114 cm³/mol. The van der Waals surface area contributed by atoms with E-state index < -0.39 is 5.54 Å². The Hall–Kier alpha value is -1.88. The number of carbonyl (C=O) groups excluding carboxylic acids is 2. The van der Waals surface area contributed by atoms with Gasteiger partial charge in [0.15, 0.2) is 0 Å². The number of benzene rings is 1. The summed E-state index contributed by atoms with van der Waals surface area (Å²) in [7, 11) is 1.52. The van der Waals surface area contributed by atoms with E-state index in [1.165, 1.54) is 43.1 Å². The van der Waals surface area contributed by atoms with Crippen LogP contribution in [0.3, 0.4) is 0 Å². The quantitative estimate of drug-likeness (QED) is 0.556. The maximum atomic E-state index is 13.3. The van der Waals surface area contributed by atoms with E-state index in [-0.39, 0.29) is 28.6 Å². The van der Waals surface area contributed by atoms with Gasteiger partial charge in [0.25, 0.3) is 0 Å². The van der Waals surface area contributed by atoms with Gasteiger partial charge in [-0.2, -0.15) is 0 Å². The first-order chi connectivity index (χ1) is 14.4. The third-order valence-corrected chi connectivity index (χ3v) is 10.2. The molecule has 3 heterocycles. The number of nitrogens with zero attached hydrogens (tertiary/aromatic N) is 2. The van der Waals surface area contributed by atoms with Crippen LogP contribution in [0.4, 0.5) is 5.69 Å². The third-order valence-electron chi connectivity index (χ3n) is 10.2. The fraction of sp³-hybridized carbons (Fsp3) is 0.680. The second-order valence-electron chi connectivity index (χ2n) is 10.6. The molecular formula is C25H33N2O3+. The molecule has 1 aromatic carbocycles. The molecular weight excluding hydrogens is 376 g/mol. The minimum atomic E-state index is -0.478. The van der Waals surface area contributed by atoms with Crippen LogP contribution in [0, 0.1) is 11.3 Å². The molecule has 2 saturated heterocycles. The van der Waals surface area contributed by atoms with Crippen molar-refractivity contribution in [3.8, 4) is 0 Å². The monoisotopic (exact) mass is 409 g/mol. The first-order valence-corrected chi connectivity index (χ1v) is 11.8. The standard InChI is InChI=1S/C25H33N2O3/c1-4-27-14-7-10-23-11-12-25(19(16-23)21(29)30-3)24(13-15-27,22(23)27)18-8-5-6-9-20(18)26(25)17(2)28/h5-6,8-9,19,22H,4,7,10-16H2,1-3H3/q+1/t19-,22+,23+,24-,25-,27-/m0/s1. The van der Waals surface area contributed by atoms with E-state index in [1.54, 1.807) is 6.92 Å². The van der Waals surface area contributed by atoms with Gasteiger partial charge >= 0.3 is 5.97 Å². The molecule has 3 aliphatic carbocycles. The Morgan fingerprint density at radius 3 is 2.70 bits per heavy atom. The highest BCUT2D eigenvalue weighted by atomic mass is 16.5. The van der Waals surface area contributed by atoms with Crippen molar-refractivity contribution in [3.63, 3.8) is 0 Å². The summed E-state index contributed by atoms with van der Waals surface area (Å²) in [4.78, 5) is 28.7. The van der Waals surface area contributed by atoms with Crippen molar-refractivity contribution in [3.05, 3.63) is 29.8 Å². The molecule has 3 spiro atoms. The fourth-order valence-electron chi connectivity index (χ4n) is 9.73. The number of quaternary nitrogens is 1. The Balaban J connectivity index is 1.72. The molecule has 2 bridgehead atoms. The maximum Gasteiger partial charge on any atom is 0.311 e. The molecule has 3 saturated carbocycles. The molecule has 0 radical (unpaired) electrons. The number of piperidine rings is 1. The van der Waals surface area contributed by atoms with E-state index >= 15 is 0 Å². The van der Waals surface area contributed by atoms with Gasteiger partial charge in [-0.1, -0.05) is 18.2 Å². The van der Waals surface area contributed by atoms with Gasteiger partial charge in [0, 0.05) is 24.4 Å². The lowest BCUT2D eigenvalue weighted by atomic mass is 9.38. The zero-order valence-electron chi connectivity index (χ0n) is 18.4. The Bertz CT molecular complexity index is 961. The second kappa shape index (κ2) is 5.67. The molecule has 6 aliphatic rings. The molecule has 0 aromatic heterocycles. The Morgan fingerprint density at radius 1 is 1.17 bits per heavy atom. The minimum absolute atomic E-state index is 0.0694. The van der Waals surface area contributed by atoms with Crippen LogP contribution in [-0.2, 0) is 19.7 Å². The summed E-state index contributed by atoms with van der Waals surface area (Å²) >= 11 is 0. The van der Waals surface area contributed by atoms with E-state index in [2.05, 4.69) is 30.0 Å². The highest BCUT2D eigenvalue weighted by Gasteiger charge is 2.85. The van der Waals surface area contributed by atoms with Crippen LogP contribution in [0.2, 0.25) is 0 Å². The summed E-state index contributed by atoms with van der Waals surface area (Å²) in [5.74, 6) is -0.281. The summed E-state index contributed by atoms with van der Waals surface area (Å²) in [6.07, 6.45) is 6.46. The number of amides is 1. The highest BCUT2D eigenvalue weighted by Crippen LogP contribution is 2.77. The second-order valence-corrected chi connectivity index (χ2v) is 10.6. The van der Waals surface area contributed by atoms with Crippen LogP contribution in [0.1, 0.15) is 57.9 Å². The van der Waals surface area contributed by atoms with Gasteiger partial charge in [0.1, 0.15) is 6.04 Å². The zero-order valence-corrected chi connectivity index (χ0v) is 18.4. The van der Waals surface area contributed by atoms with Crippen LogP contribution < -0.4 is 4.90 Å². The molecule has 160 valence electrons. The highest BCUT2D eigenvalue weighted by molar-refractivity contribution is 5.99. The van der Waals surface area contributed by atoms with Gasteiger partial charge < -0.3 is 14.1 Å². The molecule has 0 unspecified atom stereocenters. The maximum absolute atomic E-state index is 13.3. The smallest absolute Gasteiger partial charge is 0.311 e. The fourth-order valence-corrected chi connectivity index (χ4v) is 9.73. The molecule has 7 rings (SSSR count). The summed E-state index contributed by atoms with van der Waals surface area (Å²) in [5.41, 5.74) is 1.96. The van der Waals surface area contributed by atoms with E-state index in [4.69, 9.17) is 4.74 Å². The first kappa shape index (κ1) is 18.9. The number of carbonyl (C=O) groups is 2. The van der Waals surface area contributed by atoms with Gasteiger partial charge in [-0.15, -0.1) is 0 Å². The van der Waals surface area contributed by atoms with Crippen molar-refractivity contribution in [1.29, 1.82) is 0 Å². The topological polar surface area (TPSA) is 46.6 Å². The molecule has 0 N–H and O–H groups in total. The zero-order chi connectivity index (χ0) is 20.9. The average molecular weight is 410 g/mol. The van der Waals surface area contributed by atoms with Crippen molar-refractivity contribution in [2.24, 2.45) is 11.3 Å². The van der Waals surface area contributed by atoms with Crippen LogP contribution in [0.25, 0.3) is 0 Å². The van der Waals surface area contributed by atoms with E-state index in [0.29, 0.717) is 6.04 Å². The molecule has 5 fully saturated rings. The number of methoxy groups -OCH3 is 1. The van der Waals surface area contributed by atoms with Crippen LogP contribution in [0.15, 0.2) is 24.3 Å². The number of fused-ring (bicyclic) bond motifs is 3.